The first-order valence-corrected chi connectivity index (χ1v) is 7.38. The van der Waals surface area contributed by atoms with E-state index in [-0.39, 0.29) is 24.3 Å². The molecule has 5 nitrogen and oxygen atoms in total. The number of hydrogen-bond donors (Lipinski definition) is 3. The van der Waals surface area contributed by atoms with E-state index < -0.39 is 0 Å². The summed E-state index contributed by atoms with van der Waals surface area (Å²) < 4.78 is 0. The summed E-state index contributed by atoms with van der Waals surface area (Å²) in [6.45, 7) is 5.54. The molecule has 0 saturated heterocycles. The van der Waals surface area contributed by atoms with Crippen molar-refractivity contribution in [2.24, 2.45) is 5.73 Å². The largest absolute Gasteiger partial charge is 0.370 e. The summed E-state index contributed by atoms with van der Waals surface area (Å²) in [4.78, 5) is 22.7. The van der Waals surface area contributed by atoms with Crippen LogP contribution in [0.5, 0.6) is 0 Å². The average Bonchev–Trinajstić information content (AvgIpc) is 2.35. The van der Waals surface area contributed by atoms with Crippen LogP contribution in [0.1, 0.15) is 58.8 Å². The van der Waals surface area contributed by atoms with Gasteiger partial charge in [-0.05, 0) is 13.0 Å². The first kappa shape index (κ1) is 17.9. The van der Waals surface area contributed by atoms with Crippen molar-refractivity contribution in [2.45, 2.75) is 64.8 Å². The molecular weight excluding hydrogens is 242 g/mol. The Morgan fingerprint density at radius 2 is 1.79 bits per heavy atom. The quantitative estimate of drug-likeness (QED) is 0.468. The molecule has 0 radical (unpaired) electrons. The van der Waals surface area contributed by atoms with Crippen molar-refractivity contribution >= 4 is 11.8 Å². The van der Waals surface area contributed by atoms with Crippen LogP contribution in [0.2, 0.25) is 0 Å². The summed E-state index contributed by atoms with van der Waals surface area (Å²) in [6.07, 6.45) is 6.35. The Bertz CT molecular complexity index is 257. The Kier molecular flexibility index (Phi) is 11.3. The maximum atomic E-state index is 11.7. The Morgan fingerprint density at radius 3 is 2.37 bits per heavy atom. The number of nitrogens with two attached hydrogens (primary N) is 1. The summed E-state index contributed by atoms with van der Waals surface area (Å²) in [5.74, 6) is -0.369. The minimum absolute atomic E-state index is 0.0145. The molecule has 1 atom stereocenters. The predicted octanol–water partition coefficient (Wildman–Crippen LogP) is 1.32. The first-order chi connectivity index (χ1) is 9.10. The van der Waals surface area contributed by atoms with E-state index in [2.05, 4.69) is 17.6 Å². The minimum atomic E-state index is -0.383. The van der Waals surface area contributed by atoms with Crippen LogP contribution in [-0.4, -0.2) is 30.9 Å². The highest BCUT2D eigenvalue weighted by Gasteiger charge is 2.14. The molecule has 0 aromatic carbocycles. The molecule has 19 heavy (non-hydrogen) atoms. The molecule has 0 aliphatic rings. The molecule has 5 heteroatoms. The van der Waals surface area contributed by atoms with E-state index in [1.165, 1.54) is 19.3 Å². The Hall–Kier alpha value is -1.10. The van der Waals surface area contributed by atoms with Gasteiger partial charge in [-0.2, -0.15) is 0 Å². The van der Waals surface area contributed by atoms with Crippen LogP contribution >= 0.6 is 0 Å². The molecule has 0 fully saturated rings. The van der Waals surface area contributed by atoms with Gasteiger partial charge in [0, 0.05) is 25.4 Å². The van der Waals surface area contributed by atoms with Crippen LogP contribution in [0.15, 0.2) is 0 Å². The summed E-state index contributed by atoms with van der Waals surface area (Å²) in [5, 5.41) is 5.99. The lowest BCUT2D eigenvalue weighted by Gasteiger charge is -2.17. The smallest absolute Gasteiger partial charge is 0.220 e. The third-order valence-corrected chi connectivity index (χ3v) is 2.96. The molecule has 4 N–H and O–H groups in total. The normalized spacial score (nSPS) is 12.1. The highest BCUT2D eigenvalue weighted by Crippen LogP contribution is 2.05. The van der Waals surface area contributed by atoms with Gasteiger partial charge in [0.2, 0.25) is 11.8 Å². The zero-order valence-electron chi connectivity index (χ0n) is 12.3. The van der Waals surface area contributed by atoms with Gasteiger partial charge in [-0.1, -0.05) is 39.5 Å². The molecular formula is C14H29N3O2. The van der Waals surface area contributed by atoms with Crippen LogP contribution < -0.4 is 16.4 Å². The number of amides is 2. The monoisotopic (exact) mass is 271 g/mol. The van der Waals surface area contributed by atoms with E-state index in [9.17, 15) is 9.59 Å². The second kappa shape index (κ2) is 12.0. The molecule has 0 aliphatic carbocycles. The van der Waals surface area contributed by atoms with Gasteiger partial charge >= 0.3 is 0 Å². The molecule has 0 heterocycles. The topological polar surface area (TPSA) is 84.2 Å². The van der Waals surface area contributed by atoms with Crippen LogP contribution in [0.25, 0.3) is 0 Å². The molecule has 0 saturated carbocycles. The second-order valence-corrected chi connectivity index (χ2v) is 4.91. The SMILES string of the molecule is CCCCCCCC(=O)N[C@@H](CNCC)CC(N)=O. The Labute approximate surface area is 116 Å². The number of rotatable bonds is 12. The van der Waals surface area contributed by atoms with Gasteiger partial charge < -0.3 is 16.4 Å². The predicted molar refractivity (Wildman–Crippen MR) is 77.7 cm³/mol. The molecule has 0 aliphatic heterocycles. The lowest BCUT2D eigenvalue weighted by Crippen LogP contribution is -2.44. The fourth-order valence-corrected chi connectivity index (χ4v) is 1.92. The number of carbonyl (C=O) groups excluding carboxylic acids is 2. The zero-order chi connectivity index (χ0) is 14.5. The number of unbranched alkanes of at least 4 members (excludes halogenated alkanes) is 4. The van der Waals surface area contributed by atoms with Gasteiger partial charge in [0.25, 0.3) is 0 Å². The molecule has 2 amide bonds. The third kappa shape index (κ3) is 11.7. The van der Waals surface area contributed by atoms with Crippen molar-refractivity contribution in [2.75, 3.05) is 13.1 Å². The standard InChI is InChI=1S/C14H29N3O2/c1-3-5-6-7-8-9-14(19)17-12(10-13(15)18)11-16-4-2/h12,16H,3-11H2,1-2H3,(H2,15,18)(H,17,19)/t12-/m1/s1. The molecule has 0 bridgehead atoms. The van der Waals surface area contributed by atoms with E-state index in [4.69, 9.17) is 5.73 Å². The number of hydrogen-bond acceptors (Lipinski definition) is 3. The van der Waals surface area contributed by atoms with Crippen molar-refractivity contribution < 1.29 is 9.59 Å². The van der Waals surface area contributed by atoms with Gasteiger partial charge in [0.1, 0.15) is 0 Å². The van der Waals surface area contributed by atoms with Crippen molar-refractivity contribution in [1.82, 2.24) is 10.6 Å². The first-order valence-electron chi connectivity index (χ1n) is 7.38. The van der Waals surface area contributed by atoms with E-state index in [0.717, 1.165) is 19.4 Å². The van der Waals surface area contributed by atoms with Gasteiger partial charge in [0.15, 0.2) is 0 Å². The van der Waals surface area contributed by atoms with Crippen LogP contribution in [0.3, 0.4) is 0 Å². The fourth-order valence-electron chi connectivity index (χ4n) is 1.92. The molecule has 112 valence electrons. The van der Waals surface area contributed by atoms with Gasteiger partial charge in [-0.3, -0.25) is 9.59 Å². The third-order valence-electron chi connectivity index (χ3n) is 2.96. The molecule has 0 aromatic heterocycles. The highest BCUT2D eigenvalue weighted by atomic mass is 16.2. The Morgan fingerprint density at radius 1 is 1.11 bits per heavy atom. The summed E-state index contributed by atoms with van der Waals surface area (Å²) >= 11 is 0. The summed E-state index contributed by atoms with van der Waals surface area (Å²) in [7, 11) is 0. The number of likely N-dealkylation sites (N-methyl/N-ethyl adjacent to an activating group) is 1. The highest BCUT2D eigenvalue weighted by molar-refractivity contribution is 5.78. The van der Waals surface area contributed by atoms with Crippen LogP contribution in [0, 0.1) is 0 Å². The summed E-state index contributed by atoms with van der Waals surface area (Å²) in [6, 6.07) is -0.194. The van der Waals surface area contributed by atoms with E-state index in [1.54, 1.807) is 0 Å². The zero-order valence-corrected chi connectivity index (χ0v) is 12.3. The number of primary amides is 1. The van der Waals surface area contributed by atoms with Crippen molar-refractivity contribution in [3.63, 3.8) is 0 Å². The van der Waals surface area contributed by atoms with Crippen molar-refractivity contribution in [1.29, 1.82) is 0 Å². The minimum Gasteiger partial charge on any atom is -0.370 e. The van der Waals surface area contributed by atoms with Crippen LogP contribution in [0.4, 0.5) is 0 Å². The van der Waals surface area contributed by atoms with Crippen molar-refractivity contribution in [3.05, 3.63) is 0 Å². The van der Waals surface area contributed by atoms with Crippen LogP contribution in [-0.2, 0) is 9.59 Å². The van der Waals surface area contributed by atoms with E-state index >= 15 is 0 Å². The molecule has 0 spiro atoms. The molecule has 0 rings (SSSR count). The lowest BCUT2D eigenvalue weighted by atomic mass is 10.1. The maximum Gasteiger partial charge on any atom is 0.220 e. The summed E-state index contributed by atoms with van der Waals surface area (Å²) in [5.41, 5.74) is 5.18. The van der Waals surface area contributed by atoms with E-state index in [1.807, 2.05) is 6.92 Å². The second-order valence-electron chi connectivity index (χ2n) is 4.91. The lowest BCUT2D eigenvalue weighted by molar-refractivity contribution is -0.122. The Balaban J connectivity index is 3.84. The van der Waals surface area contributed by atoms with E-state index in [0.29, 0.717) is 13.0 Å². The molecule has 0 aromatic rings. The molecule has 0 unspecified atom stereocenters. The van der Waals surface area contributed by atoms with Gasteiger partial charge in [-0.25, -0.2) is 0 Å². The number of nitrogens with one attached hydrogen (secondary N) is 2. The van der Waals surface area contributed by atoms with Gasteiger partial charge in [-0.15, -0.1) is 0 Å². The fraction of sp³-hybridized carbons (Fsp3) is 0.857. The maximum absolute atomic E-state index is 11.7. The van der Waals surface area contributed by atoms with Gasteiger partial charge in [0.05, 0.1) is 0 Å². The number of carbonyl (C=O) groups is 2. The van der Waals surface area contributed by atoms with Crippen molar-refractivity contribution in [3.8, 4) is 0 Å². The average molecular weight is 271 g/mol.